The van der Waals surface area contributed by atoms with Gasteiger partial charge in [0.25, 0.3) is 0 Å². The maximum atomic E-state index is 6.59. The standard InChI is InChI=1S/C25H49NO2/c1-17(2)22-11-9-19(5)15-24(22)27-14-13-26(8)21(7)28-25-16-20(6)10-12-23(25)18(3)4/h17-25H,9-16H2,1-8H3. The Hall–Kier alpha value is -0.120. The van der Waals surface area contributed by atoms with Crippen molar-refractivity contribution in [1.29, 1.82) is 0 Å². The van der Waals surface area contributed by atoms with Crippen molar-refractivity contribution in [2.75, 3.05) is 20.2 Å². The van der Waals surface area contributed by atoms with Crippen LogP contribution in [0, 0.1) is 35.5 Å². The summed E-state index contributed by atoms with van der Waals surface area (Å²) in [7, 11) is 2.19. The van der Waals surface area contributed by atoms with E-state index in [1.807, 2.05) is 0 Å². The summed E-state index contributed by atoms with van der Waals surface area (Å²) in [5.74, 6) is 4.46. The Labute approximate surface area is 175 Å². The Morgan fingerprint density at radius 3 is 1.82 bits per heavy atom. The van der Waals surface area contributed by atoms with E-state index in [-0.39, 0.29) is 6.23 Å². The van der Waals surface area contributed by atoms with Crippen molar-refractivity contribution < 1.29 is 9.47 Å². The van der Waals surface area contributed by atoms with Crippen LogP contribution in [0.3, 0.4) is 0 Å². The first-order chi connectivity index (χ1) is 13.2. The molecule has 3 heteroatoms. The summed E-state index contributed by atoms with van der Waals surface area (Å²) in [6.45, 7) is 18.2. The normalized spacial score (nSPS) is 35.7. The smallest absolute Gasteiger partial charge is 0.107 e. The number of hydrogen-bond donors (Lipinski definition) is 0. The Bertz CT molecular complexity index is 438. The second-order valence-corrected chi connectivity index (χ2v) is 10.8. The van der Waals surface area contributed by atoms with Crippen molar-refractivity contribution in [1.82, 2.24) is 4.90 Å². The third-order valence-electron chi connectivity index (χ3n) is 7.69. The molecule has 166 valence electrons. The Kier molecular flexibility index (Phi) is 9.76. The minimum absolute atomic E-state index is 0.159. The minimum Gasteiger partial charge on any atom is -0.377 e. The van der Waals surface area contributed by atoms with Gasteiger partial charge < -0.3 is 9.47 Å². The predicted molar refractivity (Wildman–Crippen MR) is 119 cm³/mol. The summed E-state index contributed by atoms with van der Waals surface area (Å²) in [4.78, 5) is 2.34. The molecule has 0 heterocycles. The van der Waals surface area contributed by atoms with Gasteiger partial charge in [0, 0.05) is 6.54 Å². The topological polar surface area (TPSA) is 21.7 Å². The van der Waals surface area contributed by atoms with Crippen LogP contribution in [0.15, 0.2) is 0 Å². The monoisotopic (exact) mass is 395 g/mol. The molecule has 0 amide bonds. The zero-order valence-corrected chi connectivity index (χ0v) is 20.1. The molecule has 0 spiro atoms. The summed E-state index contributed by atoms with van der Waals surface area (Å²) in [6, 6.07) is 0. The molecule has 3 nitrogen and oxygen atoms in total. The van der Waals surface area contributed by atoms with Gasteiger partial charge in [0.2, 0.25) is 0 Å². The van der Waals surface area contributed by atoms with E-state index < -0.39 is 0 Å². The lowest BCUT2D eigenvalue weighted by Crippen LogP contribution is -2.43. The lowest BCUT2D eigenvalue weighted by atomic mass is 9.75. The molecule has 2 saturated carbocycles. The van der Waals surface area contributed by atoms with Crippen molar-refractivity contribution >= 4 is 0 Å². The van der Waals surface area contributed by atoms with Gasteiger partial charge in [0.1, 0.15) is 6.23 Å². The van der Waals surface area contributed by atoms with Crippen molar-refractivity contribution in [3.05, 3.63) is 0 Å². The molecular formula is C25H49NO2. The molecule has 0 N–H and O–H groups in total. The quantitative estimate of drug-likeness (QED) is 0.433. The van der Waals surface area contributed by atoms with E-state index in [0.29, 0.717) is 24.0 Å². The highest BCUT2D eigenvalue weighted by molar-refractivity contribution is 4.83. The molecule has 7 unspecified atom stereocenters. The maximum Gasteiger partial charge on any atom is 0.107 e. The average molecular weight is 396 g/mol. The molecule has 28 heavy (non-hydrogen) atoms. The summed E-state index contributed by atoms with van der Waals surface area (Å²) < 4.78 is 13.0. The highest BCUT2D eigenvalue weighted by atomic mass is 16.5. The van der Waals surface area contributed by atoms with Gasteiger partial charge in [0.15, 0.2) is 0 Å². The van der Waals surface area contributed by atoms with E-state index in [1.54, 1.807) is 0 Å². The lowest BCUT2D eigenvalue weighted by molar-refractivity contribution is -0.132. The van der Waals surface area contributed by atoms with Gasteiger partial charge in [0.05, 0.1) is 18.8 Å². The molecule has 0 aliphatic heterocycles. The van der Waals surface area contributed by atoms with E-state index >= 15 is 0 Å². The third-order valence-corrected chi connectivity index (χ3v) is 7.69. The molecule has 0 bridgehead atoms. The van der Waals surface area contributed by atoms with Gasteiger partial charge in [-0.2, -0.15) is 0 Å². The summed E-state index contributed by atoms with van der Waals surface area (Å²) in [6.07, 6.45) is 8.83. The van der Waals surface area contributed by atoms with Crippen LogP contribution in [0.1, 0.15) is 87.0 Å². The summed E-state index contributed by atoms with van der Waals surface area (Å²) >= 11 is 0. The van der Waals surface area contributed by atoms with Gasteiger partial charge in [-0.05, 0) is 75.2 Å². The fourth-order valence-corrected chi connectivity index (χ4v) is 5.46. The first-order valence-electron chi connectivity index (χ1n) is 12.2. The van der Waals surface area contributed by atoms with E-state index in [0.717, 1.165) is 36.8 Å². The van der Waals surface area contributed by atoms with Gasteiger partial charge in [-0.1, -0.05) is 54.4 Å². The summed E-state index contributed by atoms with van der Waals surface area (Å²) in [5, 5.41) is 0. The second-order valence-electron chi connectivity index (χ2n) is 10.8. The molecular weight excluding hydrogens is 346 g/mol. The molecule has 2 aliphatic rings. The number of nitrogens with zero attached hydrogens (tertiary/aromatic N) is 1. The van der Waals surface area contributed by atoms with Crippen LogP contribution < -0.4 is 0 Å². The fourth-order valence-electron chi connectivity index (χ4n) is 5.46. The Morgan fingerprint density at radius 1 is 0.786 bits per heavy atom. The van der Waals surface area contributed by atoms with E-state index in [9.17, 15) is 0 Å². The fraction of sp³-hybridized carbons (Fsp3) is 1.00. The molecule has 7 atom stereocenters. The van der Waals surface area contributed by atoms with Crippen LogP contribution in [-0.2, 0) is 9.47 Å². The Morgan fingerprint density at radius 2 is 1.29 bits per heavy atom. The Balaban J connectivity index is 1.79. The molecule has 2 fully saturated rings. The molecule has 0 aromatic heterocycles. The average Bonchev–Trinajstić information content (AvgIpc) is 2.61. The highest BCUT2D eigenvalue weighted by Gasteiger charge is 2.34. The van der Waals surface area contributed by atoms with Crippen LogP contribution in [0.5, 0.6) is 0 Å². The second kappa shape index (κ2) is 11.3. The summed E-state index contributed by atoms with van der Waals surface area (Å²) in [5.41, 5.74) is 0. The number of rotatable bonds is 9. The molecule has 0 aromatic rings. The van der Waals surface area contributed by atoms with Crippen molar-refractivity contribution in [2.24, 2.45) is 35.5 Å². The van der Waals surface area contributed by atoms with E-state index in [1.165, 1.54) is 38.5 Å². The largest absolute Gasteiger partial charge is 0.377 e. The molecule has 2 aliphatic carbocycles. The van der Waals surface area contributed by atoms with Crippen LogP contribution in [0.25, 0.3) is 0 Å². The van der Waals surface area contributed by atoms with E-state index in [4.69, 9.17) is 9.47 Å². The molecule has 0 aromatic carbocycles. The number of hydrogen-bond acceptors (Lipinski definition) is 3. The molecule has 0 saturated heterocycles. The van der Waals surface area contributed by atoms with Crippen molar-refractivity contribution in [3.8, 4) is 0 Å². The van der Waals surface area contributed by atoms with Gasteiger partial charge in [-0.3, -0.25) is 4.90 Å². The van der Waals surface area contributed by atoms with Crippen LogP contribution in [-0.4, -0.2) is 43.5 Å². The van der Waals surface area contributed by atoms with Crippen LogP contribution in [0.2, 0.25) is 0 Å². The molecule has 0 radical (unpaired) electrons. The maximum absolute atomic E-state index is 6.59. The van der Waals surface area contributed by atoms with Crippen LogP contribution >= 0.6 is 0 Å². The first kappa shape index (κ1) is 24.2. The van der Waals surface area contributed by atoms with Gasteiger partial charge in [-0.15, -0.1) is 0 Å². The number of likely N-dealkylation sites (N-methyl/N-ethyl adjacent to an activating group) is 1. The van der Waals surface area contributed by atoms with Gasteiger partial charge in [-0.25, -0.2) is 0 Å². The van der Waals surface area contributed by atoms with Crippen molar-refractivity contribution in [3.63, 3.8) is 0 Å². The highest BCUT2D eigenvalue weighted by Crippen LogP contribution is 2.37. The minimum atomic E-state index is 0.159. The zero-order valence-electron chi connectivity index (χ0n) is 20.1. The van der Waals surface area contributed by atoms with E-state index in [2.05, 4.69) is 60.4 Å². The van der Waals surface area contributed by atoms with Gasteiger partial charge >= 0.3 is 0 Å². The van der Waals surface area contributed by atoms with Crippen LogP contribution in [0.4, 0.5) is 0 Å². The van der Waals surface area contributed by atoms with Crippen molar-refractivity contribution in [2.45, 2.75) is 105 Å². The SMILES string of the molecule is CC1CCC(C(C)C)C(OCCN(C)C(C)OC2CC(C)CCC2C(C)C)C1. The zero-order chi connectivity index (χ0) is 20.8. The first-order valence-corrected chi connectivity index (χ1v) is 12.2. The third kappa shape index (κ3) is 6.99. The molecule has 2 rings (SSSR count). The lowest BCUT2D eigenvalue weighted by Gasteiger charge is -2.40. The number of ether oxygens (including phenoxy) is 2. The predicted octanol–water partition coefficient (Wildman–Crippen LogP) is 6.22.